The van der Waals surface area contributed by atoms with Crippen molar-refractivity contribution >= 4 is 93.4 Å². The Hall–Kier alpha value is -5.42. The lowest BCUT2D eigenvalue weighted by Crippen LogP contribution is -2.45. The molecule has 0 aliphatic carbocycles. The smallest absolute Gasteiger partial charge is 0.328 e. The zero-order valence-corrected chi connectivity index (χ0v) is 41.3. The summed E-state index contributed by atoms with van der Waals surface area (Å²) in [4.78, 5) is 45.2. The first-order chi connectivity index (χ1) is 32.5. The standard InChI is InChI=1S/2C22H21Cl3N4O.C4H4O4/c2*1-14-20(22(30)27-28-11-3-2-4-12-28)26-29(19-10-9-17(24)13-18(19)25)21(14)15-5-7-16(23)8-6-15;5-3(6)1-2-4(7)8/h2*5-10,13H,2-4,11-12H2,1H3,(H,27,30);1-2H,(H,5,6)(H,7,8)/b;;2-1+. The highest BCUT2D eigenvalue weighted by Crippen LogP contribution is 2.35. The third kappa shape index (κ3) is 13.6. The molecule has 2 aliphatic heterocycles. The van der Waals surface area contributed by atoms with Crippen LogP contribution in [0.5, 0.6) is 0 Å². The van der Waals surface area contributed by atoms with E-state index in [1.54, 1.807) is 45.8 Å². The zero-order chi connectivity index (χ0) is 49.1. The van der Waals surface area contributed by atoms with E-state index in [1.165, 1.54) is 12.8 Å². The molecule has 356 valence electrons. The second-order valence-electron chi connectivity index (χ2n) is 15.7. The molecular formula is C48H46Cl6N8O6. The Labute approximate surface area is 422 Å². The summed E-state index contributed by atoms with van der Waals surface area (Å²) in [5, 5.41) is 32.1. The van der Waals surface area contributed by atoms with Crippen LogP contribution in [0.15, 0.2) is 97.1 Å². The molecule has 14 nitrogen and oxygen atoms in total. The van der Waals surface area contributed by atoms with Gasteiger partial charge in [-0.1, -0.05) is 107 Å². The highest BCUT2D eigenvalue weighted by molar-refractivity contribution is 6.36. The molecule has 2 fully saturated rings. The van der Waals surface area contributed by atoms with Crippen molar-refractivity contribution in [2.45, 2.75) is 52.4 Å². The highest BCUT2D eigenvalue weighted by Gasteiger charge is 2.27. The SMILES string of the molecule is Cc1c(C(=O)NN2CCCCC2)nn(-c2ccc(Cl)cc2Cl)c1-c1ccc(Cl)cc1.Cc1c(C(=O)NN2CCCCC2)nn(-c2ccc(Cl)cc2Cl)c1-c1ccc(Cl)cc1.O=C(O)/C=C/C(=O)O. The minimum Gasteiger partial charge on any atom is -0.478 e. The van der Waals surface area contributed by atoms with E-state index in [0.29, 0.717) is 65.1 Å². The van der Waals surface area contributed by atoms with E-state index < -0.39 is 11.9 Å². The lowest BCUT2D eigenvalue weighted by atomic mass is 10.1. The van der Waals surface area contributed by atoms with E-state index in [1.807, 2.05) is 72.4 Å². The van der Waals surface area contributed by atoms with Gasteiger partial charge in [-0.05, 0) is 100 Å². The quantitative estimate of drug-likeness (QED) is 0.0967. The van der Waals surface area contributed by atoms with Gasteiger partial charge < -0.3 is 10.2 Å². The number of nitrogens with zero attached hydrogens (tertiary/aromatic N) is 6. The minimum atomic E-state index is -1.26. The van der Waals surface area contributed by atoms with Crippen molar-refractivity contribution in [1.82, 2.24) is 40.4 Å². The third-order valence-electron chi connectivity index (χ3n) is 10.8. The number of nitrogens with one attached hydrogen (secondary N) is 2. The summed E-state index contributed by atoms with van der Waals surface area (Å²) in [6.45, 7) is 7.17. The van der Waals surface area contributed by atoms with Crippen LogP contribution in [-0.4, -0.2) is 89.7 Å². The second kappa shape index (κ2) is 24.2. The summed E-state index contributed by atoms with van der Waals surface area (Å²) in [6, 6.07) is 25.3. The Bertz CT molecular complexity index is 2610. The van der Waals surface area contributed by atoms with Crippen LogP contribution in [0.4, 0.5) is 0 Å². The van der Waals surface area contributed by atoms with Crippen LogP contribution in [0, 0.1) is 13.8 Å². The summed E-state index contributed by atoms with van der Waals surface area (Å²) < 4.78 is 3.39. The Morgan fingerprint density at radius 1 is 0.500 bits per heavy atom. The number of hydrogen-bond acceptors (Lipinski definition) is 8. The summed E-state index contributed by atoms with van der Waals surface area (Å²) >= 11 is 37.2. The molecule has 2 aliphatic rings. The maximum absolute atomic E-state index is 13.1. The van der Waals surface area contributed by atoms with Crippen molar-refractivity contribution in [3.8, 4) is 33.9 Å². The second-order valence-corrected chi connectivity index (χ2v) is 18.2. The number of amides is 2. The van der Waals surface area contributed by atoms with E-state index in [-0.39, 0.29) is 11.8 Å². The van der Waals surface area contributed by atoms with E-state index in [0.717, 1.165) is 85.5 Å². The molecule has 68 heavy (non-hydrogen) atoms. The van der Waals surface area contributed by atoms with Crippen LogP contribution in [0.1, 0.15) is 70.6 Å². The van der Waals surface area contributed by atoms with Crippen LogP contribution >= 0.6 is 69.6 Å². The van der Waals surface area contributed by atoms with Gasteiger partial charge in [0.05, 0.1) is 32.8 Å². The number of piperidine rings is 2. The molecule has 0 spiro atoms. The largest absolute Gasteiger partial charge is 0.478 e. The molecule has 0 saturated carbocycles. The first-order valence-electron chi connectivity index (χ1n) is 21.4. The van der Waals surface area contributed by atoms with E-state index in [2.05, 4.69) is 21.0 Å². The molecule has 4 N–H and O–H groups in total. The summed E-state index contributed by atoms with van der Waals surface area (Å²) in [7, 11) is 0. The van der Waals surface area contributed by atoms with Gasteiger partial charge in [-0.2, -0.15) is 10.2 Å². The van der Waals surface area contributed by atoms with E-state index in [4.69, 9.17) is 79.8 Å². The van der Waals surface area contributed by atoms with Gasteiger partial charge in [0.15, 0.2) is 11.4 Å². The molecule has 8 rings (SSSR count). The molecule has 0 bridgehead atoms. The molecule has 0 radical (unpaired) electrons. The maximum Gasteiger partial charge on any atom is 0.328 e. The Kier molecular flexibility index (Phi) is 18.5. The zero-order valence-electron chi connectivity index (χ0n) is 36.8. The Morgan fingerprint density at radius 2 is 0.824 bits per heavy atom. The number of carboxylic acid groups (broad SMARTS) is 2. The highest BCUT2D eigenvalue weighted by atomic mass is 35.5. The van der Waals surface area contributed by atoms with Gasteiger partial charge in [-0.3, -0.25) is 20.4 Å². The van der Waals surface area contributed by atoms with Gasteiger partial charge in [0.2, 0.25) is 0 Å². The lowest BCUT2D eigenvalue weighted by Gasteiger charge is -2.26. The predicted molar refractivity (Wildman–Crippen MR) is 268 cm³/mol. The molecule has 0 unspecified atom stereocenters. The molecule has 6 aromatic rings. The van der Waals surface area contributed by atoms with Gasteiger partial charge in [0, 0.05) is 80.7 Å². The summed E-state index contributed by atoms with van der Waals surface area (Å²) in [5.74, 6) is -2.97. The first kappa shape index (κ1) is 52.0. The third-order valence-corrected chi connectivity index (χ3v) is 12.4. The van der Waals surface area contributed by atoms with Gasteiger partial charge >= 0.3 is 11.9 Å². The molecule has 2 aromatic heterocycles. The number of carbonyl (C=O) groups is 4. The van der Waals surface area contributed by atoms with Gasteiger partial charge in [0.1, 0.15) is 0 Å². The number of carbonyl (C=O) groups excluding carboxylic acids is 2. The van der Waals surface area contributed by atoms with Crippen LogP contribution in [0.25, 0.3) is 33.9 Å². The van der Waals surface area contributed by atoms with E-state index >= 15 is 0 Å². The Morgan fingerprint density at radius 3 is 1.13 bits per heavy atom. The molecule has 2 amide bonds. The van der Waals surface area contributed by atoms with Crippen molar-refractivity contribution in [3.05, 3.63) is 150 Å². The molecule has 2 saturated heterocycles. The predicted octanol–water partition coefficient (Wildman–Crippen LogP) is 11.6. The fourth-order valence-electron chi connectivity index (χ4n) is 7.52. The number of aromatic nitrogens is 4. The fourth-order valence-corrected chi connectivity index (χ4v) is 8.75. The van der Waals surface area contributed by atoms with Gasteiger partial charge in [-0.15, -0.1) is 0 Å². The van der Waals surface area contributed by atoms with Gasteiger partial charge in [0.25, 0.3) is 11.8 Å². The van der Waals surface area contributed by atoms with Crippen molar-refractivity contribution in [3.63, 3.8) is 0 Å². The fraction of sp³-hybridized carbons (Fsp3) is 0.250. The average molecular weight is 1040 g/mol. The van der Waals surface area contributed by atoms with Crippen LogP contribution in [-0.2, 0) is 9.59 Å². The number of benzene rings is 4. The lowest BCUT2D eigenvalue weighted by molar-refractivity contribution is -0.134. The number of halogens is 6. The normalized spacial score (nSPS) is 14.1. The number of hydrazine groups is 2. The van der Waals surface area contributed by atoms with E-state index in [9.17, 15) is 19.2 Å². The summed E-state index contributed by atoms with van der Waals surface area (Å²) in [6.07, 6.45) is 7.79. The topological polar surface area (TPSA) is 175 Å². The van der Waals surface area contributed by atoms with Crippen LogP contribution in [0.2, 0.25) is 30.1 Å². The van der Waals surface area contributed by atoms with Gasteiger partial charge in [-0.25, -0.2) is 29.0 Å². The number of carboxylic acids is 2. The first-order valence-corrected chi connectivity index (χ1v) is 23.6. The monoisotopic (exact) mass is 1040 g/mol. The number of aliphatic carboxylic acids is 2. The number of rotatable bonds is 10. The number of hydrogen-bond donors (Lipinski definition) is 4. The van der Waals surface area contributed by atoms with Crippen molar-refractivity contribution < 1.29 is 29.4 Å². The van der Waals surface area contributed by atoms with Crippen molar-refractivity contribution in [1.29, 1.82) is 0 Å². The van der Waals surface area contributed by atoms with Crippen LogP contribution < -0.4 is 10.9 Å². The molecule has 0 atom stereocenters. The summed E-state index contributed by atoms with van der Waals surface area (Å²) in [5.41, 5.74) is 12.8. The maximum atomic E-state index is 13.1. The minimum absolute atomic E-state index is 0.228. The Balaban J connectivity index is 0.000000193. The molecule has 20 heteroatoms. The van der Waals surface area contributed by atoms with Crippen molar-refractivity contribution in [2.75, 3.05) is 26.2 Å². The average Bonchev–Trinajstić information content (AvgIpc) is 3.83. The molecule has 4 heterocycles. The van der Waals surface area contributed by atoms with Crippen molar-refractivity contribution in [2.24, 2.45) is 0 Å². The molecule has 4 aromatic carbocycles. The molecular weight excluding hydrogens is 997 g/mol. The van der Waals surface area contributed by atoms with Crippen LogP contribution in [0.3, 0.4) is 0 Å².